The fourth-order valence-corrected chi connectivity index (χ4v) is 2.77. The van der Waals surface area contributed by atoms with Crippen molar-refractivity contribution >= 4 is 33.6 Å². The van der Waals surface area contributed by atoms with Crippen molar-refractivity contribution in [2.24, 2.45) is 0 Å². The monoisotopic (exact) mass is 368 g/mol. The molecule has 1 atom stereocenters. The van der Waals surface area contributed by atoms with Gasteiger partial charge in [0, 0.05) is 16.7 Å². The summed E-state index contributed by atoms with van der Waals surface area (Å²) in [5.41, 5.74) is 0.140. The molecular formula is C16H21BrN2O3. The molecule has 1 heterocycles. The van der Waals surface area contributed by atoms with Gasteiger partial charge in [0.05, 0.1) is 0 Å². The van der Waals surface area contributed by atoms with Crippen LogP contribution < -0.4 is 5.32 Å². The van der Waals surface area contributed by atoms with Crippen molar-refractivity contribution in [3.05, 3.63) is 28.7 Å². The minimum atomic E-state index is -0.564. The molecule has 6 heteroatoms. The van der Waals surface area contributed by atoms with Gasteiger partial charge in [0.1, 0.15) is 11.6 Å². The number of carbonyl (C=O) groups is 2. The number of halogens is 1. The number of benzene rings is 1. The Balaban J connectivity index is 2.03. The molecule has 120 valence electrons. The molecule has 0 radical (unpaired) electrons. The van der Waals surface area contributed by atoms with Gasteiger partial charge in [-0.3, -0.25) is 9.69 Å². The van der Waals surface area contributed by atoms with E-state index in [9.17, 15) is 9.59 Å². The number of hydrogen-bond donors (Lipinski definition) is 1. The highest BCUT2D eigenvalue weighted by molar-refractivity contribution is 9.10. The topological polar surface area (TPSA) is 58.6 Å². The SMILES string of the molecule is CC(C)(C)OC(=O)N1CCC[C@H]1C(=O)Nc1cccc(Br)c1. The van der Waals surface area contributed by atoms with E-state index in [1.54, 1.807) is 0 Å². The van der Waals surface area contributed by atoms with Gasteiger partial charge in [-0.2, -0.15) is 0 Å². The highest BCUT2D eigenvalue weighted by Crippen LogP contribution is 2.23. The Kier molecular flexibility index (Phi) is 5.11. The van der Waals surface area contributed by atoms with E-state index in [1.165, 1.54) is 4.90 Å². The summed E-state index contributed by atoms with van der Waals surface area (Å²) in [6, 6.07) is 6.90. The molecule has 1 fully saturated rings. The number of likely N-dealkylation sites (tertiary alicyclic amines) is 1. The number of carbonyl (C=O) groups excluding carboxylic acids is 2. The maximum Gasteiger partial charge on any atom is 0.410 e. The summed E-state index contributed by atoms with van der Waals surface area (Å²) >= 11 is 3.37. The van der Waals surface area contributed by atoms with Crippen molar-refractivity contribution in [3.8, 4) is 0 Å². The van der Waals surface area contributed by atoms with Crippen LogP contribution in [0.3, 0.4) is 0 Å². The number of hydrogen-bond acceptors (Lipinski definition) is 3. The van der Waals surface area contributed by atoms with Crippen molar-refractivity contribution < 1.29 is 14.3 Å². The van der Waals surface area contributed by atoms with E-state index in [1.807, 2.05) is 45.0 Å². The van der Waals surface area contributed by atoms with E-state index in [0.29, 0.717) is 18.7 Å². The third-order valence-electron chi connectivity index (χ3n) is 3.28. The van der Waals surface area contributed by atoms with Crippen LogP contribution in [-0.2, 0) is 9.53 Å². The van der Waals surface area contributed by atoms with Crippen LogP contribution in [-0.4, -0.2) is 35.1 Å². The maximum atomic E-state index is 12.4. The molecule has 5 nitrogen and oxygen atoms in total. The summed E-state index contributed by atoms with van der Waals surface area (Å²) in [5.74, 6) is -0.179. The lowest BCUT2D eigenvalue weighted by Gasteiger charge is -2.28. The van der Waals surface area contributed by atoms with Gasteiger partial charge in [0.15, 0.2) is 0 Å². The zero-order valence-corrected chi connectivity index (χ0v) is 14.6. The molecule has 1 saturated heterocycles. The van der Waals surface area contributed by atoms with Crippen LogP contribution in [0, 0.1) is 0 Å². The molecule has 1 N–H and O–H groups in total. The van der Waals surface area contributed by atoms with Crippen molar-refractivity contribution in [2.45, 2.75) is 45.3 Å². The van der Waals surface area contributed by atoms with Crippen molar-refractivity contribution in [1.29, 1.82) is 0 Å². The van der Waals surface area contributed by atoms with Crippen LogP contribution in [0.2, 0.25) is 0 Å². The molecule has 1 aromatic carbocycles. The predicted octanol–water partition coefficient (Wildman–Crippen LogP) is 3.79. The molecule has 0 aromatic heterocycles. The normalized spacial score (nSPS) is 18.2. The summed E-state index contributed by atoms with van der Waals surface area (Å²) in [4.78, 5) is 26.1. The minimum Gasteiger partial charge on any atom is -0.444 e. The van der Waals surface area contributed by atoms with E-state index in [4.69, 9.17) is 4.74 Å². The lowest BCUT2D eigenvalue weighted by Crippen LogP contribution is -2.45. The molecule has 2 rings (SSSR count). The van der Waals surface area contributed by atoms with E-state index >= 15 is 0 Å². The number of amides is 2. The Morgan fingerprint density at radius 1 is 1.36 bits per heavy atom. The van der Waals surface area contributed by atoms with Crippen LogP contribution in [0.25, 0.3) is 0 Å². The molecule has 0 spiro atoms. The molecule has 1 aromatic rings. The van der Waals surface area contributed by atoms with Gasteiger partial charge in [-0.1, -0.05) is 22.0 Å². The first-order valence-corrected chi connectivity index (χ1v) is 8.11. The van der Waals surface area contributed by atoms with Gasteiger partial charge in [-0.05, 0) is 51.8 Å². The van der Waals surface area contributed by atoms with E-state index in [-0.39, 0.29) is 5.91 Å². The van der Waals surface area contributed by atoms with E-state index in [0.717, 1.165) is 10.9 Å². The van der Waals surface area contributed by atoms with Gasteiger partial charge in [-0.15, -0.1) is 0 Å². The first-order valence-electron chi connectivity index (χ1n) is 7.32. The van der Waals surface area contributed by atoms with Gasteiger partial charge >= 0.3 is 6.09 Å². The third kappa shape index (κ3) is 4.47. The number of anilines is 1. The van der Waals surface area contributed by atoms with Gasteiger partial charge in [0.25, 0.3) is 0 Å². The summed E-state index contributed by atoms with van der Waals surface area (Å²) in [5, 5.41) is 2.85. The highest BCUT2D eigenvalue weighted by Gasteiger charge is 2.36. The van der Waals surface area contributed by atoms with Crippen LogP contribution in [0.15, 0.2) is 28.7 Å². The zero-order chi connectivity index (χ0) is 16.3. The summed E-state index contributed by atoms with van der Waals surface area (Å²) in [6.07, 6.45) is 1.02. The molecule has 1 aliphatic rings. The number of rotatable bonds is 2. The second-order valence-corrected chi connectivity index (χ2v) is 7.25. The van der Waals surface area contributed by atoms with Crippen molar-refractivity contribution in [3.63, 3.8) is 0 Å². The Morgan fingerprint density at radius 3 is 2.73 bits per heavy atom. The van der Waals surface area contributed by atoms with Crippen LogP contribution in [0.5, 0.6) is 0 Å². The average molecular weight is 369 g/mol. The molecule has 22 heavy (non-hydrogen) atoms. The van der Waals surface area contributed by atoms with Crippen LogP contribution in [0.4, 0.5) is 10.5 Å². The second kappa shape index (κ2) is 6.69. The summed E-state index contributed by atoms with van der Waals surface area (Å²) in [7, 11) is 0. The fourth-order valence-electron chi connectivity index (χ4n) is 2.37. The van der Waals surface area contributed by atoms with Crippen molar-refractivity contribution in [1.82, 2.24) is 4.90 Å². The Labute approximate surface area is 139 Å². The zero-order valence-electron chi connectivity index (χ0n) is 13.1. The summed E-state index contributed by atoms with van der Waals surface area (Å²) < 4.78 is 6.26. The maximum absolute atomic E-state index is 12.4. The molecular weight excluding hydrogens is 348 g/mol. The Hall–Kier alpha value is -1.56. The lowest BCUT2D eigenvalue weighted by molar-refractivity contribution is -0.120. The molecule has 0 unspecified atom stereocenters. The fraction of sp³-hybridized carbons (Fsp3) is 0.500. The molecule has 0 aliphatic carbocycles. The van der Waals surface area contributed by atoms with Gasteiger partial charge < -0.3 is 10.1 Å². The number of ether oxygens (including phenoxy) is 1. The smallest absolute Gasteiger partial charge is 0.410 e. The molecule has 0 saturated carbocycles. The lowest BCUT2D eigenvalue weighted by atomic mass is 10.2. The van der Waals surface area contributed by atoms with E-state index < -0.39 is 17.7 Å². The molecule has 1 aliphatic heterocycles. The summed E-state index contributed by atoms with van der Waals surface area (Å²) in [6.45, 7) is 6.00. The highest BCUT2D eigenvalue weighted by atomic mass is 79.9. The van der Waals surface area contributed by atoms with E-state index in [2.05, 4.69) is 21.2 Å². The van der Waals surface area contributed by atoms with Crippen molar-refractivity contribution in [2.75, 3.05) is 11.9 Å². The largest absolute Gasteiger partial charge is 0.444 e. The standard InChI is InChI=1S/C16H21BrN2O3/c1-16(2,3)22-15(21)19-9-5-8-13(19)14(20)18-12-7-4-6-11(17)10-12/h4,6-7,10,13H,5,8-9H2,1-3H3,(H,18,20)/t13-/m0/s1. The molecule has 0 bridgehead atoms. The van der Waals surface area contributed by atoms with Crippen LogP contribution >= 0.6 is 15.9 Å². The van der Waals surface area contributed by atoms with Gasteiger partial charge in [0.2, 0.25) is 5.91 Å². The Morgan fingerprint density at radius 2 is 2.09 bits per heavy atom. The first-order chi connectivity index (χ1) is 10.3. The predicted molar refractivity (Wildman–Crippen MR) is 88.7 cm³/mol. The third-order valence-corrected chi connectivity index (χ3v) is 3.77. The second-order valence-electron chi connectivity index (χ2n) is 6.33. The number of nitrogens with one attached hydrogen (secondary N) is 1. The molecule has 2 amide bonds. The quantitative estimate of drug-likeness (QED) is 0.863. The van der Waals surface area contributed by atoms with Crippen LogP contribution in [0.1, 0.15) is 33.6 Å². The van der Waals surface area contributed by atoms with Gasteiger partial charge in [-0.25, -0.2) is 4.79 Å². The first kappa shape index (κ1) is 16.8. The number of nitrogens with zero attached hydrogens (tertiary/aromatic N) is 1. The average Bonchev–Trinajstić information content (AvgIpc) is 2.85. The Bertz CT molecular complexity index is 569. The minimum absolute atomic E-state index is 0.179.